The van der Waals surface area contributed by atoms with Crippen molar-refractivity contribution >= 4 is 47.3 Å². The maximum absolute atomic E-state index is 14.5. The number of nitrogens with one attached hydrogen (secondary N) is 4. The fraction of sp³-hybridized carbons (Fsp3) is 0.699. The zero-order valence-corrected chi connectivity index (χ0v) is 61.5. The van der Waals surface area contributed by atoms with E-state index >= 15 is 0 Å². The van der Waals surface area contributed by atoms with Crippen molar-refractivity contribution in [2.24, 2.45) is 23.7 Å². The van der Waals surface area contributed by atoms with Crippen LogP contribution in [0, 0.1) is 23.7 Å². The molecule has 4 saturated carbocycles. The molecule has 5 aliphatic rings. The number of aromatic nitrogens is 2. The lowest BCUT2D eigenvalue weighted by molar-refractivity contribution is -0.160. The van der Waals surface area contributed by atoms with Crippen LogP contribution in [0.1, 0.15) is 143 Å². The van der Waals surface area contributed by atoms with Gasteiger partial charge in [0.25, 0.3) is 5.91 Å². The van der Waals surface area contributed by atoms with Crippen LogP contribution in [-0.4, -0.2) is 262 Å². The van der Waals surface area contributed by atoms with E-state index in [9.17, 15) is 38.7 Å². The Morgan fingerprint density at radius 1 is 0.626 bits per heavy atom. The highest BCUT2D eigenvalue weighted by Crippen LogP contribution is 2.59. The fourth-order valence-corrected chi connectivity index (χ4v) is 14.3. The Morgan fingerprint density at radius 3 is 1.62 bits per heavy atom. The highest BCUT2D eigenvalue weighted by molar-refractivity contribution is 5.95. The van der Waals surface area contributed by atoms with Crippen molar-refractivity contribution in [3.05, 3.63) is 53.7 Å². The Kier molecular flexibility index (Phi) is 29.3. The van der Waals surface area contributed by atoms with Crippen molar-refractivity contribution in [2.75, 3.05) is 164 Å². The molecule has 8 rings (SSSR count). The average Bonchev–Trinajstić information content (AvgIpc) is 1.21. The number of hydrogen-bond donors (Lipinski definition) is 5. The minimum atomic E-state index is -0.843. The molecule has 3 unspecified atom stereocenters. The molecule has 3 aromatic rings. The van der Waals surface area contributed by atoms with Crippen molar-refractivity contribution in [3.63, 3.8) is 0 Å². The number of carboxylic acids is 1. The number of rotatable bonds is 33. The summed E-state index contributed by atoms with van der Waals surface area (Å²) >= 11 is 0. The van der Waals surface area contributed by atoms with Crippen molar-refractivity contribution in [3.8, 4) is 28.4 Å². The number of methoxy groups -OCH3 is 2. The summed E-state index contributed by atoms with van der Waals surface area (Å²) < 4.78 is 41.8. The minimum Gasteiger partial charge on any atom is -0.496 e. The van der Waals surface area contributed by atoms with Crippen LogP contribution in [0.5, 0.6) is 11.5 Å². The van der Waals surface area contributed by atoms with E-state index in [0.717, 1.165) is 62.1 Å². The number of carbonyl (C=O) groups is 7. The van der Waals surface area contributed by atoms with E-state index in [1.807, 2.05) is 112 Å². The second-order valence-corrected chi connectivity index (χ2v) is 30.5. The summed E-state index contributed by atoms with van der Waals surface area (Å²) in [6.07, 6.45) is 5.83. The molecule has 3 amide bonds. The molecular formula is C73H115N11O15. The van der Waals surface area contributed by atoms with E-state index in [2.05, 4.69) is 53.1 Å². The predicted octanol–water partition coefficient (Wildman–Crippen LogP) is 6.33. The van der Waals surface area contributed by atoms with Gasteiger partial charge in [-0.15, -0.1) is 0 Å². The first-order valence-electron chi connectivity index (χ1n) is 35.5. The fourth-order valence-electron chi connectivity index (χ4n) is 14.3. The number of nitrogens with zero attached hydrogens (tertiary/aromatic N) is 7. The van der Waals surface area contributed by atoms with E-state index in [1.165, 1.54) is 0 Å². The van der Waals surface area contributed by atoms with Crippen LogP contribution in [0.15, 0.2) is 42.5 Å². The Balaban J connectivity index is 0.815. The van der Waals surface area contributed by atoms with Gasteiger partial charge in [0.15, 0.2) is 5.69 Å². The summed E-state index contributed by atoms with van der Waals surface area (Å²) in [6, 6.07) is 13.4. The summed E-state index contributed by atoms with van der Waals surface area (Å²) in [7, 11) is 5.25. The summed E-state index contributed by atoms with van der Waals surface area (Å²) in [6.45, 7) is 27.8. The lowest BCUT2D eigenvalue weighted by atomic mass is 9.48. The van der Waals surface area contributed by atoms with Crippen LogP contribution >= 0.6 is 0 Å². The van der Waals surface area contributed by atoms with E-state index in [0.29, 0.717) is 113 Å². The molecule has 3 atom stereocenters. The van der Waals surface area contributed by atoms with Gasteiger partial charge < -0.3 is 64.4 Å². The zero-order chi connectivity index (χ0) is 72.2. The summed E-state index contributed by atoms with van der Waals surface area (Å²) in [5.74, 6) is -1.42. The molecule has 2 aromatic carbocycles. The molecule has 1 aliphatic heterocycles. The molecule has 0 radical (unpaired) electrons. The van der Waals surface area contributed by atoms with Gasteiger partial charge in [0, 0.05) is 77.7 Å². The van der Waals surface area contributed by atoms with Crippen LogP contribution in [0.2, 0.25) is 0 Å². The average molecular weight is 1390 g/mol. The monoisotopic (exact) mass is 1390 g/mol. The standard InChI is InChI=1S/C73H115N11O15/c1-50(2)55-41-54(20-21-57(55)84-58(66-59(93-13)18-15-19-60(66)94-14)42-56(78-84)68(90)77-73-43-51-38-52(44-73)40-53(39-51)67(73)69(91)92)74-22-16-25-79(12)26-17-23-75-62(86)49-96-37-36-95-35-24-76-61(85)45-80-27-29-81(46-63(87)97-70(3,4)5)31-33-83(48-65(89)99-72(9,10)11)34-32-82(30-28-80)47-64(88)98-71(6,7)8/h15,18-21,41-42,50-53,67,74H,16-17,22-40,43-49H2,1-14H3,(H,75,86)(H,76,85)(H,77,90)(H,91,92). The van der Waals surface area contributed by atoms with Crippen molar-refractivity contribution in [1.82, 2.24) is 50.2 Å². The Bertz CT molecular complexity index is 3090. The minimum absolute atomic E-state index is 0.0213. The molecular weight excluding hydrogens is 1270 g/mol. The topological polar surface area (TPSA) is 286 Å². The van der Waals surface area contributed by atoms with Crippen LogP contribution in [0.25, 0.3) is 16.9 Å². The number of benzene rings is 2. The molecule has 1 aromatic heterocycles. The Hall–Kier alpha value is -6.94. The maximum Gasteiger partial charge on any atom is 0.320 e. The zero-order valence-electron chi connectivity index (χ0n) is 61.5. The van der Waals surface area contributed by atoms with Crippen molar-refractivity contribution in [2.45, 2.75) is 149 Å². The number of anilines is 1. The first-order chi connectivity index (χ1) is 46.8. The molecule has 26 heteroatoms. The van der Waals surface area contributed by atoms with E-state index in [-0.39, 0.29) is 106 Å². The third-order valence-corrected chi connectivity index (χ3v) is 18.3. The van der Waals surface area contributed by atoms with Gasteiger partial charge in [-0.25, -0.2) is 4.68 Å². The van der Waals surface area contributed by atoms with Gasteiger partial charge in [0.2, 0.25) is 11.8 Å². The maximum atomic E-state index is 14.5. The number of aliphatic carboxylic acids is 1. The summed E-state index contributed by atoms with van der Waals surface area (Å²) in [4.78, 5) is 103. The molecule has 26 nitrogen and oxygen atoms in total. The number of ether oxygens (including phenoxy) is 7. The highest BCUT2D eigenvalue weighted by atomic mass is 16.6. The molecule has 5 fully saturated rings. The molecule has 2 heterocycles. The van der Waals surface area contributed by atoms with Gasteiger partial charge in [-0.2, -0.15) is 5.10 Å². The van der Waals surface area contributed by atoms with Gasteiger partial charge >= 0.3 is 23.9 Å². The van der Waals surface area contributed by atoms with Crippen LogP contribution in [-0.2, 0) is 52.5 Å². The van der Waals surface area contributed by atoms with Crippen LogP contribution in [0.4, 0.5) is 5.69 Å². The van der Waals surface area contributed by atoms with Gasteiger partial charge in [0.05, 0.1) is 88.6 Å². The smallest absolute Gasteiger partial charge is 0.320 e. The normalized spacial score (nSPS) is 20.6. The van der Waals surface area contributed by atoms with Gasteiger partial charge in [0.1, 0.15) is 34.9 Å². The quantitative estimate of drug-likeness (QED) is 0.0253. The van der Waals surface area contributed by atoms with Gasteiger partial charge in [-0.3, -0.25) is 53.2 Å². The van der Waals surface area contributed by atoms with Crippen molar-refractivity contribution in [1.29, 1.82) is 0 Å². The van der Waals surface area contributed by atoms with Crippen LogP contribution in [0.3, 0.4) is 0 Å². The largest absolute Gasteiger partial charge is 0.496 e. The molecule has 0 spiro atoms. The molecule has 552 valence electrons. The lowest BCUT2D eigenvalue weighted by Crippen LogP contribution is -2.67. The molecule has 4 bridgehead atoms. The van der Waals surface area contributed by atoms with Crippen molar-refractivity contribution < 1.29 is 71.8 Å². The highest BCUT2D eigenvalue weighted by Gasteiger charge is 2.60. The predicted molar refractivity (Wildman–Crippen MR) is 377 cm³/mol. The molecule has 4 aliphatic carbocycles. The molecule has 5 N–H and O–H groups in total. The number of hydrogen-bond acceptors (Lipinski definition) is 21. The molecule has 99 heavy (non-hydrogen) atoms. The summed E-state index contributed by atoms with van der Waals surface area (Å²) in [5, 5.41) is 28.3. The second-order valence-electron chi connectivity index (χ2n) is 30.5. The van der Waals surface area contributed by atoms with E-state index in [1.54, 1.807) is 25.0 Å². The summed E-state index contributed by atoms with van der Waals surface area (Å²) in [5.41, 5.74) is 1.30. The lowest BCUT2D eigenvalue weighted by Gasteiger charge is -2.59. The Labute approximate surface area is 586 Å². The number of esters is 3. The molecule has 1 saturated heterocycles. The third kappa shape index (κ3) is 25.3. The van der Waals surface area contributed by atoms with Crippen LogP contribution < -0.4 is 30.7 Å². The SMILES string of the molecule is COc1cccc(OC)c1-c1cc(C(=O)NC23CC4CC(CC(C4)C2C(=O)O)C3)nn1-c1ccc(NCCCN(C)CCCNC(=O)COCCOCCNC(=O)CN2CCN(CC(=O)OC(C)(C)C)CCN(CC(=O)OC(C)(C)C)CCN(CC(=O)OC(C)(C)C)CC2)cc1C(C)C. The first-order valence-corrected chi connectivity index (χ1v) is 35.5. The third-order valence-electron chi connectivity index (χ3n) is 18.3. The first kappa shape index (κ1) is 79.4. The Morgan fingerprint density at radius 2 is 1.12 bits per heavy atom. The number of carboxylic acid groups (broad SMARTS) is 1. The van der Waals surface area contributed by atoms with E-state index in [4.69, 9.17) is 38.3 Å². The van der Waals surface area contributed by atoms with E-state index < -0.39 is 40.1 Å². The van der Waals surface area contributed by atoms with Gasteiger partial charge in [-0.1, -0.05) is 19.9 Å². The van der Waals surface area contributed by atoms with Gasteiger partial charge in [-0.05, 0) is 193 Å². The number of amides is 3. The number of carbonyl (C=O) groups excluding carboxylic acids is 6. The second kappa shape index (κ2) is 36.6.